The molecule has 0 unspecified atom stereocenters. The predicted molar refractivity (Wildman–Crippen MR) is 80.8 cm³/mol. The molecule has 23 heavy (non-hydrogen) atoms. The van der Waals surface area contributed by atoms with E-state index in [0.29, 0.717) is 30.3 Å². The fraction of sp³-hybridized carbons (Fsp3) is 0.375. The molecule has 1 aromatic carbocycles. The standard InChI is InChI=1S/C16H17N3O4/c1-10-17-18-14(23-10)11-5-7-12(8-6-11)15(20)19-9-3-2-4-13(19)16(21)22/h5-8,13H,2-4,9H2,1H3,(H,21,22)/t13-/m1/s1. The molecule has 2 aromatic rings. The lowest BCUT2D eigenvalue weighted by Crippen LogP contribution is -2.47. The van der Waals surface area contributed by atoms with Gasteiger partial charge in [0.05, 0.1) is 0 Å². The first-order valence-corrected chi connectivity index (χ1v) is 7.50. The zero-order chi connectivity index (χ0) is 16.4. The van der Waals surface area contributed by atoms with Crippen molar-refractivity contribution < 1.29 is 19.1 Å². The molecule has 3 rings (SSSR count). The largest absolute Gasteiger partial charge is 0.480 e. The van der Waals surface area contributed by atoms with Crippen molar-refractivity contribution in [3.8, 4) is 11.5 Å². The topological polar surface area (TPSA) is 96.5 Å². The van der Waals surface area contributed by atoms with Crippen molar-refractivity contribution in [3.05, 3.63) is 35.7 Å². The van der Waals surface area contributed by atoms with Gasteiger partial charge in [0.2, 0.25) is 11.8 Å². The number of carbonyl (C=O) groups is 2. The lowest BCUT2D eigenvalue weighted by atomic mass is 10.0. The van der Waals surface area contributed by atoms with E-state index in [4.69, 9.17) is 4.42 Å². The molecule has 1 saturated heterocycles. The Bertz CT molecular complexity index is 723. The van der Waals surface area contributed by atoms with E-state index in [1.807, 2.05) is 0 Å². The first kappa shape index (κ1) is 15.2. The number of aromatic nitrogens is 2. The number of amides is 1. The highest BCUT2D eigenvalue weighted by Gasteiger charge is 2.32. The second-order valence-electron chi connectivity index (χ2n) is 5.55. The SMILES string of the molecule is Cc1nnc(-c2ccc(C(=O)N3CCCC[C@@H]3C(=O)O)cc2)o1. The van der Waals surface area contributed by atoms with Crippen LogP contribution in [0.5, 0.6) is 0 Å². The van der Waals surface area contributed by atoms with Crippen LogP contribution in [-0.2, 0) is 4.79 Å². The predicted octanol–water partition coefficient (Wildman–Crippen LogP) is 2.12. The second kappa shape index (κ2) is 6.20. The number of aliphatic carboxylic acids is 1. The van der Waals surface area contributed by atoms with Crippen LogP contribution in [0.4, 0.5) is 0 Å². The minimum atomic E-state index is -0.948. The molecule has 1 amide bonds. The molecule has 7 heteroatoms. The third-order valence-corrected chi connectivity index (χ3v) is 3.95. The van der Waals surface area contributed by atoms with Crippen LogP contribution < -0.4 is 0 Å². The smallest absolute Gasteiger partial charge is 0.326 e. The number of hydrogen-bond donors (Lipinski definition) is 1. The molecule has 7 nitrogen and oxygen atoms in total. The Morgan fingerprint density at radius 2 is 1.96 bits per heavy atom. The highest BCUT2D eigenvalue weighted by atomic mass is 16.4. The number of nitrogens with zero attached hydrogens (tertiary/aromatic N) is 3. The molecule has 0 aliphatic carbocycles. The molecule has 1 atom stereocenters. The summed E-state index contributed by atoms with van der Waals surface area (Å²) in [5, 5.41) is 17.0. The van der Waals surface area contributed by atoms with Gasteiger partial charge in [-0.3, -0.25) is 4.79 Å². The average Bonchev–Trinajstić information content (AvgIpc) is 3.01. The van der Waals surface area contributed by atoms with E-state index in [1.165, 1.54) is 4.90 Å². The molecule has 120 valence electrons. The van der Waals surface area contributed by atoms with Crippen LogP contribution in [0.1, 0.15) is 35.5 Å². The van der Waals surface area contributed by atoms with Gasteiger partial charge in [-0.2, -0.15) is 0 Å². The summed E-state index contributed by atoms with van der Waals surface area (Å²) >= 11 is 0. The fourth-order valence-corrected chi connectivity index (χ4v) is 2.77. The summed E-state index contributed by atoms with van der Waals surface area (Å²) < 4.78 is 5.34. The molecule has 1 fully saturated rings. The molecular weight excluding hydrogens is 298 g/mol. The number of benzene rings is 1. The summed E-state index contributed by atoms with van der Waals surface area (Å²) in [6.07, 6.45) is 2.16. The average molecular weight is 315 g/mol. The highest BCUT2D eigenvalue weighted by molar-refractivity contribution is 5.97. The van der Waals surface area contributed by atoms with E-state index >= 15 is 0 Å². The number of likely N-dealkylation sites (tertiary alicyclic amines) is 1. The summed E-state index contributed by atoms with van der Waals surface area (Å²) in [7, 11) is 0. The van der Waals surface area contributed by atoms with Crippen molar-refractivity contribution in [1.29, 1.82) is 0 Å². The van der Waals surface area contributed by atoms with Gasteiger partial charge in [0.25, 0.3) is 5.91 Å². The van der Waals surface area contributed by atoms with Crippen molar-refractivity contribution >= 4 is 11.9 Å². The molecule has 1 aromatic heterocycles. The number of carboxylic acid groups (broad SMARTS) is 1. The van der Waals surface area contributed by atoms with Crippen molar-refractivity contribution in [1.82, 2.24) is 15.1 Å². The van der Waals surface area contributed by atoms with Crippen LogP contribution in [0.3, 0.4) is 0 Å². The van der Waals surface area contributed by atoms with Gasteiger partial charge >= 0.3 is 5.97 Å². The zero-order valence-corrected chi connectivity index (χ0v) is 12.7. The Morgan fingerprint density at radius 1 is 1.22 bits per heavy atom. The number of carboxylic acids is 1. The van der Waals surface area contributed by atoms with E-state index in [-0.39, 0.29) is 5.91 Å². The first-order valence-electron chi connectivity index (χ1n) is 7.50. The molecular formula is C16H17N3O4. The van der Waals surface area contributed by atoms with E-state index in [9.17, 15) is 14.7 Å². The summed E-state index contributed by atoms with van der Waals surface area (Å²) in [6, 6.07) is 6.02. The second-order valence-corrected chi connectivity index (χ2v) is 5.55. The van der Waals surface area contributed by atoms with Crippen LogP contribution in [-0.4, -0.2) is 44.7 Å². The third-order valence-electron chi connectivity index (χ3n) is 3.95. The normalized spacial score (nSPS) is 18.0. The Labute approximate surface area is 132 Å². The zero-order valence-electron chi connectivity index (χ0n) is 12.7. The Balaban J connectivity index is 1.80. The molecule has 1 aliphatic rings. The van der Waals surface area contributed by atoms with E-state index < -0.39 is 12.0 Å². The lowest BCUT2D eigenvalue weighted by Gasteiger charge is -2.33. The maximum Gasteiger partial charge on any atom is 0.326 e. The minimum absolute atomic E-state index is 0.259. The summed E-state index contributed by atoms with van der Waals surface area (Å²) in [4.78, 5) is 25.3. The van der Waals surface area contributed by atoms with Crippen LogP contribution in [0.15, 0.2) is 28.7 Å². The first-order chi connectivity index (χ1) is 11.1. The lowest BCUT2D eigenvalue weighted by molar-refractivity contribution is -0.143. The quantitative estimate of drug-likeness (QED) is 0.932. The summed E-state index contributed by atoms with van der Waals surface area (Å²) in [6.45, 7) is 2.18. The third kappa shape index (κ3) is 3.08. The van der Waals surface area contributed by atoms with Crippen molar-refractivity contribution in [2.24, 2.45) is 0 Å². The minimum Gasteiger partial charge on any atom is -0.480 e. The van der Waals surface area contributed by atoms with Gasteiger partial charge in [0.1, 0.15) is 6.04 Å². The van der Waals surface area contributed by atoms with Crippen molar-refractivity contribution in [2.75, 3.05) is 6.54 Å². The van der Waals surface area contributed by atoms with Crippen LogP contribution in [0.25, 0.3) is 11.5 Å². The number of piperidine rings is 1. The number of carbonyl (C=O) groups excluding carboxylic acids is 1. The van der Waals surface area contributed by atoms with Gasteiger partial charge in [-0.15, -0.1) is 10.2 Å². The Hall–Kier alpha value is -2.70. The summed E-state index contributed by atoms with van der Waals surface area (Å²) in [5.41, 5.74) is 1.17. The maximum atomic E-state index is 12.6. The van der Waals surface area contributed by atoms with Crippen LogP contribution in [0, 0.1) is 6.92 Å². The Kier molecular flexibility index (Phi) is 4.10. The van der Waals surface area contributed by atoms with E-state index in [0.717, 1.165) is 18.4 Å². The Morgan fingerprint density at radius 3 is 2.57 bits per heavy atom. The highest BCUT2D eigenvalue weighted by Crippen LogP contribution is 2.22. The number of aryl methyl sites for hydroxylation is 1. The van der Waals surface area contributed by atoms with Crippen LogP contribution in [0.2, 0.25) is 0 Å². The van der Waals surface area contributed by atoms with Gasteiger partial charge < -0.3 is 14.4 Å². The number of hydrogen-bond acceptors (Lipinski definition) is 5. The molecule has 1 N–H and O–H groups in total. The molecule has 0 radical (unpaired) electrons. The number of rotatable bonds is 3. The molecule has 0 bridgehead atoms. The molecule has 0 saturated carbocycles. The maximum absolute atomic E-state index is 12.6. The van der Waals surface area contributed by atoms with Gasteiger partial charge in [0, 0.05) is 24.6 Å². The molecule has 1 aliphatic heterocycles. The van der Waals surface area contributed by atoms with Crippen molar-refractivity contribution in [2.45, 2.75) is 32.2 Å². The summed E-state index contributed by atoms with van der Waals surface area (Å²) in [5.74, 6) is -0.345. The van der Waals surface area contributed by atoms with Crippen LogP contribution >= 0.6 is 0 Å². The van der Waals surface area contributed by atoms with Gasteiger partial charge in [-0.1, -0.05) is 0 Å². The van der Waals surface area contributed by atoms with Gasteiger partial charge in [-0.05, 0) is 43.5 Å². The van der Waals surface area contributed by atoms with Gasteiger partial charge in [0.15, 0.2) is 0 Å². The molecule has 0 spiro atoms. The van der Waals surface area contributed by atoms with Gasteiger partial charge in [-0.25, -0.2) is 4.79 Å². The van der Waals surface area contributed by atoms with Crippen molar-refractivity contribution in [3.63, 3.8) is 0 Å². The monoisotopic (exact) mass is 315 g/mol. The molecule has 2 heterocycles. The van der Waals surface area contributed by atoms with E-state index in [1.54, 1.807) is 31.2 Å². The fourth-order valence-electron chi connectivity index (χ4n) is 2.77. The van der Waals surface area contributed by atoms with E-state index in [2.05, 4.69) is 10.2 Å².